The molecule has 0 fully saturated rings. The summed E-state index contributed by atoms with van der Waals surface area (Å²) in [6.07, 6.45) is 2.73. The molecule has 5 heteroatoms. The second-order valence-corrected chi connectivity index (χ2v) is 6.36. The summed E-state index contributed by atoms with van der Waals surface area (Å²) in [4.78, 5) is 16.1. The van der Waals surface area contributed by atoms with E-state index >= 15 is 0 Å². The van der Waals surface area contributed by atoms with E-state index in [1.165, 1.54) is 0 Å². The normalized spacial score (nSPS) is 11.0. The van der Waals surface area contributed by atoms with E-state index in [1.807, 2.05) is 24.3 Å². The number of urea groups is 1. The number of hydrogen-bond donors (Lipinski definition) is 2. The average Bonchev–Trinajstić information content (AvgIpc) is 2.97. The summed E-state index contributed by atoms with van der Waals surface area (Å²) in [5, 5.41) is 5.66. The fraction of sp³-hybridized carbons (Fsp3) is 0.444. The molecule has 5 nitrogen and oxygen atoms in total. The molecule has 0 bridgehead atoms. The number of anilines is 1. The molecule has 0 spiro atoms. The number of aromatic nitrogens is 1. The van der Waals surface area contributed by atoms with Gasteiger partial charge in [-0.1, -0.05) is 27.7 Å². The number of nitrogens with zero attached hydrogens (tertiary/aromatic N) is 1. The molecule has 0 aliphatic rings. The van der Waals surface area contributed by atoms with Crippen molar-refractivity contribution in [3.63, 3.8) is 0 Å². The molecule has 0 radical (unpaired) electrons. The highest BCUT2D eigenvalue weighted by molar-refractivity contribution is 5.89. The van der Waals surface area contributed by atoms with Crippen LogP contribution < -0.4 is 10.6 Å². The van der Waals surface area contributed by atoms with Crippen molar-refractivity contribution in [1.29, 1.82) is 0 Å². The molecule has 0 unspecified atom stereocenters. The molecule has 2 N–H and O–H groups in total. The second kappa shape index (κ2) is 7.81. The molecular weight excluding hydrogens is 290 g/mol. The van der Waals surface area contributed by atoms with Crippen molar-refractivity contribution in [3.8, 4) is 11.5 Å². The molecule has 0 atom stereocenters. The summed E-state index contributed by atoms with van der Waals surface area (Å²) in [6, 6.07) is 7.28. The Morgan fingerprint density at radius 3 is 2.43 bits per heavy atom. The van der Waals surface area contributed by atoms with Crippen LogP contribution in [0.2, 0.25) is 0 Å². The van der Waals surface area contributed by atoms with Crippen LogP contribution in [0.5, 0.6) is 0 Å². The van der Waals surface area contributed by atoms with Gasteiger partial charge < -0.3 is 15.1 Å². The van der Waals surface area contributed by atoms with E-state index in [2.05, 4.69) is 43.3 Å². The molecule has 2 rings (SSSR count). The lowest BCUT2D eigenvalue weighted by molar-refractivity contribution is 0.251. The first-order valence-electron chi connectivity index (χ1n) is 8.06. The molecule has 1 heterocycles. The number of hydrogen-bond acceptors (Lipinski definition) is 3. The highest BCUT2D eigenvalue weighted by Gasteiger charge is 2.09. The van der Waals surface area contributed by atoms with Gasteiger partial charge in [0.15, 0.2) is 0 Å². The van der Waals surface area contributed by atoms with E-state index < -0.39 is 0 Å². The quantitative estimate of drug-likeness (QED) is 0.816. The maximum Gasteiger partial charge on any atom is 0.319 e. The lowest BCUT2D eigenvalue weighted by atomic mass is 10.1. The van der Waals surface area contributed by atoms with E-state index in [-0.39, 0.29) is 6.03 Å². The molecule has 0 saturated heterocycles. The van der Waals surface area contributed by atoms with Gasteiger partial charge in [-0.25, -0.2) is 9.78 Å². The van der Waals surface area contributed by atoms with E-state index in [4.69, 9.17) is 4.42 Å². The minimum atomic E-state index is -0.184. The van der Waals surface area contributed by atoms with Crippen molar-refractivity contribution in [2.24, 2.45) is 5.92 Å². The smallest absolute Gasteiger partial charge is 0.319 e. The van der Waals surface area contributed by atoms with Gasteiger partial charge in [-0.2, -0.15) is 0 Å². The Hall–Kier alpha value is -2.30. The zero-order valence-corrected chi connectivity index (χ0v) is 14.2. The highest BCUT2D eigenvalue weighted by atomic mass is 16.4. The van der Waals surface area contributed by atoms with Crippen molar-refractivity contribution in [2.45, 2.75) is 40.0 Å². The Labute approximate surface area is 137 Å². The lowest BCUT2D eigenvalue weighted by Crippen LogP contribution is -2.30. The standard InChI is InChI=1S/C18H25N3O2/c1-12(2)9-10-19-18(22)21-15-7-5-14(6-8-15)17-20-11-16(23-17)13(3)4/h5-8,11-13H,9-10H2,1-4H3,(H2,19,21,22). The lowest BCUT2D eigenvalue weighted by Gasteiger charge is -2.09. The summed E-state index contributed by atoms with van der Waals surface area (Å²) in [5.74, 6) is 2.35. The number of nitrogens with one attached hydrogen (secondary N) is 2. The summed E-state index contributed by atoms with van der Waals surface area (Å²) < 4.78 is 5.72. The van der Waals surface area contributed by atoms with Crippen LogP contribution in [0.25, 0.3) is 11.5 Å². The van der Waals surface area contributed by atoms with Crippen molar-refractivity contribution in [3.05, 3.63) is 36.2 Å². The SMILES string of the molecule is CC(C)CCNC(=O)Nc1ccc(-c2ncc(C(C)C)o2)cc1. The van der Waals surface area contributed by atoms with Gasteiger partial charge in [0.05, 0.1) is 6.20 Å². The van der Waals surface area contributed by atoms with E-state index in [1.54, 1.807) is 6.20 Å². The minimum absolute atomic E-state index is 0.184. The van der Waals surface area contributed by atoms with Crippen LogP contribution in [0.1, 0.15) is 45.8 Å². The van der Waals surface area contributed by atoms with Crippen LogP contribution in [0.4, 0.5) is 10.5 Å². The zero-order chi connectivity index (χ0) is 16.8. The molecule has 0 aliphatic carbocycles. The zero-order valence-electron chi connectivity index (χ0n) is 14.2. The predicted octanol–water partition coefficient (Wildman–Crippen LogP) is 4.63. The number of rotatable bonds is 6. The van der Waals surface area contributed by atoms with Crippen molar-refractivity contribution < 1.29 is 9.21 Å². The molecule has 23 heavy (non-hydrogen) atoms. The van der Waals surface area contributed by atoms with Crippen molar-refractivity contribution >= 4 is 11.7 Å². The van der Waals surface area contributed by atoms with Gasteiger partial charge in [0.25, 0.3) is 0 Å². The Balaban J connectivity index is 1.92. The summed E-state index contributed by atoms with van der Waals surface area (Å²) in [6.45, 7) is 9.07. The third-order valence-electron chi connectivity index (χ3n) is 3.49. The average molecular weight is 315 g/mol. The maximum absolute atomic E-state index is 11.8. The first kappa shape index (κ1) is 17.1. The van der Waals surface area contributed by atoms with Crippen LogP contribution >= 0.6 is 0 Å². The third-order valence-corrected chi connectivity index (χ3v) is 3.49. The molecule has 2 amide bonds. The van der Waals surface area contributed by atoms with Crippen LogP contribution in [0.3, 0.4) is 0 Å². The largest absolute Gasteiger partial charge is 0.441 e. The molecule has 0 aliphatic heterocycles. The Morgan fingerprint density at radius 1 is 1.17 bits per heavy atom. The fourth-order valence-electron chi connectivity index (χ4n) is 2.03. The summed E-state index contributed by atoms with van der Waals surface area (Å²) in [5.41, 5.74) is 1.63. The van der Waals surface area contributed by atoms with E-state index in [0.29, 0.717) is 24.3 Å². The van der Waals surface area contributed by atoms with Gasteiger partial charge in [0.1, 0.15) is 5.76 Å². The molecule has 2 aromatic rings. The molecule has 1 aromatic carbocycles. The third kappa shape index (κ3) is 5.13. The number of benzene rings is 1. The van der Waals surface area contributed by atoms with Gasteiger partial charge in [0.2, 0.25) is 5.89 Å². The van der Waals surface area contributed by atoms with Gasteiger partial charge in [0, 0.05) is 23.7 Å². The monoisotopic (exact) mass is 315 g/mol. The van der Waals surface area contributed by atoms with Crippen LogP contribution in [-0.4, -0.2) is 17.6 Å². The minimum Gasteiger partial charge on any atom is -0.441 e. The predicted molar refractivity (Wildman–Crippen MR) is 92.5 cm³/mol. The van der Waals surface area contributed by atoms with E-state index in [0.717, 1.165) is 23.4 Å². The van der Waals surface area contributed by atoms with Gasteiger partial charge in [-0.05, 0) is 36.6 Å². The number of amides is 2. The van der Waals surface area contributed by atoms with E-state index in [9.17, 15) is 4.79 Å². The van der Waals surface area contributed by atoms with Crippen molar-refractivity contribution in [2.75, 3.05) is 11.9 Å². The van der Waals surface area contributed by atoms with Gasteiger partial charge >= 0.3 is 6.03 Å². The van der Waals surface area contributed by atoms with Gasteiger partial charge in [-0.3, -0.25) is 0 Å². The first-order chi connectivity index (χ1) is 11.0. The highest BCUT2D eigenvalue weighted by Crippen LogP contribution is 2.24. The second-order valence-electron chi connectivity index (χ2n) is 6.36. The summed E-state index contributed by atoms with van der Waals surface area (Å²) in [7, 11) is 0. The molecule has 124 valence electrons. The Morgan fingerprint density at radius 2 is 1.87 bits per heavy atom. The number of carbonyl (C=O) groups excluding carboxylic acids is 1. The molecular formula is C18H25N3O2. The van der Waals surface area contributed by atoms with Crippen LogP contribution in [0.15, 0.2) is 34.9 Å². The maximum atomic E-state index is 11.8. The van der Waals surface area contributed by atoms with Gasteiger partial charge in [-0.15, -0.1) is 0 Å². The Kier molecular flexibility index (Phi) is 5.79. The van der Waals surface area contributed by atoms with Crippen molar-refractivity contribution in [1.82, 2.24) is 10.3 Å². The first-order valence-corrected chi connectivity index (χ1v) is 8.06. The number of oxazole rings is 1. The Bertz CT molecular complexity index is 630. The fourth-order valence-corrected chi connectivity index (χ4v) is 2.03. The molecule has 0 saturated carbocycles. The summed E-state index contributed by atoms with van der Waals surface area (Å²) >= 11 is 0. The number of carbonyl (C=O) groups is 1. The molecule has 1 aromatic heterocycles. The topological polar surface area (TPSA) is 67.2 Å². The van der Waals surface area contributed by atoms with Crippen LogP contribution in [0, 0.1) is 5.92 Å². The van der Waals surface area contributed by atoms with Crippen LogP contribution in [-0.2, 0) is 0 Å².